The van der Waals surface area contributed by atoms with Crippen LogP contribution in [-0.2, 0) is 4.79 Å². The van der Waals surface area contributed by atoms with E-state index in [4.69, 9.17) is 2.74 Å². The van der Waals surface area contributed by atoms with Crippen molar-refractivity contribution >= 4 is 5.91 Å². The van der Waals surface area contributed by atoms with Gasteiger partial charge in [-0.3, -0.25) is 4.79 Å². The van der Waals surface area contributed by atoms with Crippen molar-refractivity contribution in [3.05, 3.63) is 0 Å². The van der Waals surface area contributed by atoms with Crippen molar-refractivity contribution < 1.29 is 7.54 Å². The van der Waals surface area contributed by atoms with E-state index in [0.29, 0.717) is 0 Å². The summed E-state index contributed by atoms with van der Waals surface area (Å²) in [6.07, 6.45) is 1.86. The van der Waals surface area contributed by atoms with Crippen molar-refractivity contribution in [3.8, 4) is 0 Å². The molecule has 3 aliphatic rings. The molecule has 12 heavy (non-hydrogen) atoms. The molecule has 1 N–H and O–H groups in total. The van der Waals surface area contributed by atoms with Crippen molar-refractivity contribution in [1.29, 1.82) is 0 Å². The standard InChI is InChI=1S/C9H16N2O/c1-7(12)10-9-6-11-4-2-8(9)3-5-11/h8-9H,2-6H2,1H3,(H,10,12)/i6T,9T. The van der Waals surface area contributed by atoms with Crippen LogP contribution in [0.4, 0.5) is 0 Å². The molecule has 0 aromatic carbocycles. The van der Waals surface area contributed by atoms with Crippen molar-refractivity contribution in [2.45, 2.75) is 25.8 Å². The van der Waals surface area contributed by atoms with Crippen LogP contribution < -0.4 is 5.32 Å². The number of hydrogen-bond donors (Lipinski definition) is 1. The van der Waals surface area contributed by atoms with Gasteiger partial charge >= 0.3 is 0 Å². The van der Waals surface area contributed by atoms with Gasteiger partial charge in [-0.2, -0.15) is 0 Å². The van der Waals surface area contributed by atoms with E-state index < -0.39 is 12.5 Å². The van der Waals surface area contributed by atoms with Gasteiger partial charge < -0.3 is 10.2 Å². The van der Waals surface area contributed by atoms with E-state index in [2.05, 4.69) is 5.32 Å². The van der Waals surface area contributed by atoms with Crippen LogP contribution in [0.25, 0.3) is 0 Å². The first kappa shape index (κ1) is 5.97. The molecular formula is C9H16N2O. The smallest absolute Gasteiger partial charge is 0.217 e. The molecule has 0 spiro atoms. The normalized spacial score (nSPS) is 54.2. The summed E-state index contributed by atoms with van der Waals surface area (Å²) in [4.78, 5) is 13.0. The summed E-state index contributed by atoms with van der Waals surface area (Å²) in [5, 5.41) is 2.64. The molecule has 2 bridgehead atoms. The van der Waals surface area contributed by atoms with Crippen molar-refractivity contribution in [2.24, 2.45) is 5.92 Å². The van der Waals surface area contributed by atoms with Gasteiger partial charge in [-0.25, -0.2) is 0 Å². The van der Waals surface area contributed by atoms with Gasteiger partial charge in [-0.05, 0) is 31.8 Å². The molecular weight excluding hydrogens is 152 g/mol. The molecule has 0 aromatic heterocycles. The highest BCUT2D eigenvalue weighted by Gasteiger charge is 2.34. The Morgan fingerprint density at radius 3 is 2.83 bits per heavy atom. The number of carbonyl (C=O) groups excluding carboxylic acids is 1. The molecule has 2 atom stereocenters. The third kappa shape index (κ3) is 1.46. The van der Waals surface area contributed by atoms with Crippen molar-refractivity contribution in [1.82, 2.24) is 10.2 Å². The summed E-state index contributed by atoms with van der Waals surface area (Å²) in [7, 11) is 0. The number of hydrogen-bond acceptors (Lipinski definition) is 2. The molecule has 0 radical (unpaired) electrons. The Hall–Kier alpha value is -0.570. The topological polar surface area (TPSA) is 32.3 Å². The highest BCUT2D eigenvalue weighted by molar-refractivity contribution is 5.73. The van der Waals surface area contributed by atoms with Gasteiger partial charge in [0, 0.05) is 20.8 Å². The fourth-order valence-electron chi connectivity index (χ4n) is 1.98. The molecule has 2 unspecified atom stereocenters. The van der Waals surface area contributed by atoms with Gasteiger partial charge in [0.2, 0.25) is 5.91 Å². The zero-order valence-corrected chi connectivity index (χ0v) is 7.34. The van der Waals surface area contributed by atoms with Crippen LogP contribution in [0.1, 0.15) is 22.5 Å². The van der Waals surface area contributed by atoms with Gasteiger partial charge in [0.25, 0.3) is 0 Å². The van der Waals surface area contributed by atoms with E-state index in [1.54, 1.807) is 0 Å². The molecule has 3 aliphatic heterocycles. The first-order valence-corrected chi connectivity index (χ1v) is 4.49. The van der Waals surface area contributed by atoms with E-state index in [0.717, 1.165) is 25.9 Å². The Labute approximate surface area is 75.9 Å². The summed E-state index contributed by atoms with van der Waals surface area (Å²) in [5.74, 6) is -0.0510. The van der Waals surface area contributed by atoms with Gasteiger partial charge in [-0.1, -0.05) is 0 Å². The molecule has 0 aromatic rings. The lowest BCUT2D eigenvalue weighted by Gasteiger charge is -2.44. The van der Waals surface area contributed by atoms with E-state index in [-0.39, 0.29) is 11.8 Å². The first-order chi connectivity index (χ1) is 6.54. The largest absolute Gasteiger partial charge is 0.352 e. The lowest BCUT2D eigenvalue weighted by molar-refractivity contribution is -0.121. The van der Waals surface area contributed by atoms with E-state index >= 15 is 0 Å². The molecule has 3 saturated heterocycles. The number of fused-ring (bicyclic) bond motifs is 3. The average Bonchev–Trinajstić information content (AvgIpc) is 2.13. The van der Waals surface area contributed by atoms with E-state index in [1.165, 1.54) is 6.92 Å². The number of nitrogens with zero attached hydrogens (tertiary/aromatic N) is 1. The van der Waals surface area contributed by atoms with Gasteiger partial charge in [-0.15, -0.1) is 0 Å². The third-order valence-corrected chi connectivity index (χ3v) is 2.61. The summed E-state index contributed by atoms with van der Waals surface area (Å²) >= 11 is 0. The Morgan fingerprint density at radius 1 is 1.67 bits per heavy atom. The number of piperidine rings is 3. The van der Waals surface area contributed by atoms with Crippen LogP contribution in [-0.4, -0.2) is 36.4 Å². The Morgan fingerprint density at radius 2 is 2.33 bits per heavy atom. The van der Waals surface area contributed by atoms with Crippen molar-refractivity contribution in [3.63, 3.8) is 0 Å². The summed E-state index contributed by atoms with van der Waals surface area (Å²) in [5.41, 5.74) is 0. The molecule has 1 amide bonds. The number of amides is 1. The number of rotatable bonds is 1. The molecule has 3 heterocycles. The van der Waals surface area contributed by atoms with Gasteiger partial charge in [0.05, 0.1) is 1.37 Å². The van der Waals surface area contributed by atoms with E-state index in [9.17, 15) is 4.79 Å². The van der Waals surface area contributed by atoms with Crippen LogP contribution in [0.5, 0.6) is 0 Å². The molecule has 0 saturated carbocycles. The minimum atomic E-state index is -1.08. The predicted octanol–water partition coefficient (Wildman–Crippen LogP) is 0.217. The molecule has 3 heteroatoms. The fraction of sp³-hybridized carbons (Fsp3) is 0.889. The summed E-state index contributed by atoms with van der Waals surface area (Å²) in [6, 6.07) is -1.08. The maximum Gasteiger partial charge on any atom is 0.217 e. The van der Waals surface area contributed by atoms with Crippen molar-refractivity contribution in [2.75, 3.05) is 19.6 Å². The van der Waals surface area contributed by atoms with Crippen LogP contribution in [0, 0.1) is 5.92 Å². The van der Waals surface area contributed by atoms with Gasteiger partial charge in [0.15, 0.2) is 0 Å². The summed E-state index contributed by atoms with van der Waals surface area (Å²) < 4.78 is 16.1. The highest BCUT2D eigenvalue weighted by Crippen LogP contribution is 2.27. The zero-order chi connectivity index (χ0) is 10.3. The lowest BCUT2D eigenvalue weighted by atomic mass is 9.84. The summed E-state index contributed by atoms with van der Waals surface area (Å²) in [6.45, 7) is 2.62. The van der Waals surface area contributed by atoms with Crippen LogP contribution in [0.15, 0.2) is 0 Å². The maximum absolute atomic E-state index is 11.0. The number of nitrogens with one attached hydrogen (secondary N) is 1. The third-order valence-electron chi connectivity index (χ3n) is 2.61. The monoisotopic (exact) mass is 172 g/mol. The molecule has 3 fully saturated rings. The highest BCUT2D eigenvalue weighted by atomic mass is 16.1. The predicted molar refractivity (Wildman–Crippen MR) is 46.8 cm³/mol. The van der Waals surface area contributed by atoms with Crippen LogP contribution in [0.3, 0.4) is 0 Å². The first-order valence-electron chi connectivity index (χ1n) is 5.57. The molecule has 0 aliphatic carbocycles. The Kier molecular flexibility index (Phi) is 1.52. The minimum absolute atomic E-state index is 0.152. The zero-order valence-electron chi connectivity index (χ0n) is 9.34. The minimum Gasteiger partial charge on any atom is -0.352 e. The van der Waals surface area contributed by atoms with Crippen LogP contribution in [0.2, 0.25) is 0 Å². The van der Waals surface area contributed by atoms with Gasteiger partial charge in [0.1, 0.15) is 0 Å². The second kappa shape index (κ2) is 3.05. The van der Waals surface area contributed by atoms with E-state index in [1.807, 2.05) is 4.90 Å². The quantitative estimate of drug-likeness (QED) is 0.613. The average molecular weight is 172 g/mol. The number of carbonyl (C=O) groups is 1. The Balaban J connectivity index is 2.20. The molecule has 3 rings (SSSR count). The SMILES string of the molecule is [3H]C1N2CCC(CC2)C1([3H])NC(C)=O. The fourth-order valence-corrected chi connectivity index (χ4v) is 1.98. The molecule has 3 nitrogen and oxygen atoms in total. The second-order valence-corrected chi connectivity index (χ2v) is 3.58. The molecule has 68 valence electrons. The Bertz CT molecular complexity index is 249. The second-order valence-electron chi connectivity index (χ2n) is 3.58. The lowest BCUT2D eigenvalue weighted by Crippen LogP contribution is -2.56. The maximum atomic E-state index is 11.0. The van der Waals surface area contributed by atoms with Crippen LogP contribution >= 0.6 is 0 Å².